The van der Waals surface area contributed by atoms with E-state index >= 15 is 0 Å². The van der Waals surface area contributed by atoms with Gasteiger partial charge in [0, 0.05) is 31.9 Å². The van der Waals surface area contributed by atoms with E-state index in [1.807, 2.05) is 18.2 Å². The minimum Gasteiger partial charge on any atom is -0.483 e. The van der Waals surface area contributed by atoms with Crippen molar-refractivity contribution in [3.05, 3.63) is 18.2 Å². The van der Waals surface area contributed by atoms with E-state index in [4.69, 9.17) is 15.5 Å². The molecular weight excluding hydrogens is 240 g/mol. The molecule has 0 aliphatic carbocycles. The molecule has 0 bridgehead atoms. The molecule has 1 aromatic carbocycles. The van der Waals surface area contributed by atoms with E-state index in [2.05, 4.69) is 16.7 Å². The van der Waals surface area contributed by atoms with E-state index in [0.717, 1.165) is 55.7 Å². The van der Waals surface area contributed by atoms with Gasteiger partial charge in [-0.2, -0.15) is 0 Å². The van der Waals surface area contributed by atoms with Crippen molar-refractivity contribution in [3.8, 4) is 5.75 Å². The molecule has 3 rings (SSSR count). The predicted octanol–water partition coefficient (Wildman–Crippen LogP) is 1.33. The van der Waals surface area contributed by atoms with Gasteiger partial charge in [-0.05, 0) is 24.7 Å². The molecule has 2 N–H and O–H groups in total. The third-order valence-corrected chi connectivity index (χ3v) is 3.77. The number of anilines is 1. The minimum atomic E-state index is 0.559. The zero-order valence-electron chi connectivity index (χ0n) is 11.3. The van der Waals surface area contributed by atoms with Gasteiger partial charge in [0.05, 0.1) is 0 Å². The fraction of sp³-hybridized carbons (Fsp3) is 0.500. The van der Waals surface area contributed by atoms with Gasteiger partial charge >= 0.3 is 0 Å². The van der Waals surface area contributed by atoms with Gasteiger partial charge in [0.2, 0.25) is 0 Å². The summed E-state index contributed by atoms with van der Waals surface area (Å²) in [6.45, 7) is 8.12. The van der Waals surface area contributed by atoms with Crippen LogP contribution in [-0.4, -0.2) is 55.0 Å². The summed E-state index contributed by atoms with van der Waals surface area (Å²) in [4.78, 5) is 9.47. The topological polar surface area (TPSA) is 54.1 Å². The van der Waals surface area contributed by atoms with Crippen LogP contribution in [0.2, 0.25) is 0 Å². The monoisotopic (exact) mass is 260 g/mol. The van der Waals surface area contributed by atoms with Crippen molar-refractivity contribution in [2.45, 2.75) is 6.92 Å². The molecular formula is C14H20N4O. The highest BCUT2D eigenvalue weighted by Crippen LogP contribution is 2.32. The molecule has 1 aromatic rings. The van der Waals surface area contributed by atoms with Crippen molar-refractivity contribution in [1.29, 1.82) is 0 Å². The minimum absolute atomic E-state index is 0.559. The van der Waals surface area contributed by atoms with Gasteiger partial charge in [-0.1, -0.05) is 6.92 Å². The van der Waals surface area contributed by atoms with Crippen LogP contribution in [0.15, 0.2) is 23.2 Å². The number of fused-ring (bicyclic) bond motifs is 1. The van der Waals surface area contributed by atoms with E-state index < -0.39 is 0 Å². The lowest BCUT2D eigenvalue weighted by atomic mass is 10.2. The Kier molecular flexibility index (Phi) is 3.29. The molecule has 2 aliphatic heterocycles. The van der Waals surface area contributed by atoms with Crippen LogP contribution in [-0.2, 0) is 0 Å². The number of ether oxygens (including phenoxy) is 1. The number of piperazine rings is 1. The number of amidine groups is 1. The maximum atomic E-state index is 5.80. The molecule has 0 saturated carbocycles. The van der Waals surface area contributed by atoms with E-state index in [9.17, 15) is 0 Å². The first-order valence-corrected chi connectivity index (χ1v) is 6.83. The number of nitrogens with two attached hydrogens (primary N) is 1. The largest absolute Gasteiger partial charge is 0.483 e. The number of nitrogens with zero attached hydrogens (tertiary/aromatic N) is 3. The van der Waals surface area contributed by atoms with Crippen molar-refractivity contribution in [2.75, 3.05) is 45.1 Å². The molecule has 2 heterocycles. The molecule has 102 valence electrons. The van der Waals surface area contributed by atoms with E-state index in [1.54, 1.807) is 0 Å². The highest BCUT2D eigenvalue weighted by Gasteiger charge is 2.22. The third-order valence-electron chi connectivity index (χ3n) is 3.77. The lowest BCUT2D eigenvalue weighted by Gasteiger charge is -2.36. The SMILES string of the molecule is CCN1CCN(C2=Nc3cc(N)ccc3OC2)CC1. The molecule has 0 radical (unpaired) electrons. The Hall–Kier alpha value is -1.75. The molecule has 0 atom stereocenters. The van der Waals surface area contributed by atoms with Gasteiger partial charge < -0.3 is 20.3 Å². The number of aliphatic imine (C=N–C) groups is 1. The first-order chi connectivity index (χ1) is 9.26. The van der Waals surface area contributed by atoms with Gasteiger partial charge in [-0.15, -0.1) is 0 Å². The molecule has 19 heavy (non-hydrogen) atoms. The Balaban J connectivity index is 1.76. The van der Waals surface area contributed by atoms with E-state index in [-0.39, 0.29) is 0 Å². The second-order valence-corrected chi connectivity index (χ2v) is 4.97. The number of likely N-dealkylation sites (N-methyl/N-ethyl adjacent to an activating group) is 1. The fourth-order valence-electron chi connectivity index (χ4n) is 2.54. The molecule has 5 heteroatoms. The summed E-state index contributed by atoms with van der Waals surface area (Å²) in [7, 11) is 0. The van der Waals surface area contributed by atoms with E-state index in [1.165, 1.54) is 0 Å². The Morgan fingerprint density at radius 3 is 2.79 bits per heavy atom. The average Bonchev–Trinajstić information content (AvgIpc) is 2.46. The smallest absolute Gasteiger partial charge is 0.146 e. The summed E-state index contributed by atoms with van der Waals surface area (Å²) < 4.78 is 5.76. The van der Waals surface area contributed by atoms with Crippen LogP contribution >= 0.6 is 0 Å². The van der Waals surface area contributed by atoms with Gasteiger partial charge in [-0.3, -0.25) is 0 Å². The first kappa shape index (κ1) is 12.3. The number of rotatable bonds is 1. The standard InChI is InChI=1S/C14H20N4O/c1-2-17-5-7-18(8-6-17)14-10-19-13-4-3-11(15)9-12(13)16-14/h3-4,9H,2,5-8,10,15H2,1H3. The summed E-state index contributed by atoms with van der Waals surface area (Å²) in [5.41, 5.74) is 7.37. The fourth-order valence-corrected chi connectivity index (χ4v) is 2.54. The molecule has 5 nitrogen and oxygen atoms in total. The van der Waals surface area contributed by atoms with Crippen LogP contribution in [0.25, 0.3) is 0 Å². The van der Waals surface area contributed by atoms with Crippen molar-refractivity contribution in [2.24, 2.45) is 4.99 Å². The van der Waals surface area contributed by atoms with Gasteiger partial charge in [0.1, 0.15) is 23.9 Å². The molecule has 0 spiro atoms. The summed E-state index contributed by atoms with van der Waals surface area (Å²) in [5.74, 6) is 1.85. The lowest BCUT2D eigenvalue weighted by Crippen LogP contribution is -2.50. The Morgan fingerprint density at radius 1 is 1.26 bits per heavy atom. The number of nitrogen functional groups attached to an aromatic ring is 1. The molecule has 0 unspecified atom stereocenters. The molecule has 0 aromatic heterocycles. The second kappa shape index (κ2) is 5.09. The zero-order chi connectivity index (χ0) is 13.2. The molecule has 1 saturated heterocycles. The van der Waals surface area contributed by atoms with Crippen molar-refractivity contribution >= 4 is 17.2 Å². The Morgan fingerprint density at radius 2 is 2.05 bits per heavy atom. The third kappa shape index (κ3) is 2.51. The Bertz CT molecular complexity index is 492. The van der Waals surface area contributed by atoms with Gasteiger partial charge in [0.25, 0.3) is 0 Å². The summed E-state index contributed by atoms with van der Waals surface area (Å²) in [5, 5.41) is 0. The predicted molar refractivity (Wildman–Crippen MR) is 77.1 cm³/mol. The van der Waals surface area contributed by atoms with Crippen molar-refractivity contribution in [3.63, 3.8) is 0 Å². The van der Waals surface area contributed by atoms with Gasteiger partial charge in [0.15, 0.2) is 0 Å². The first-order valence-electron chi connectivity index (χ1n) is 6.83. The molecule has 1 fully saturated rings. The van der Waals surface area contributed by atoms with E-state index in [0.29, 0.717) is 6.61 Å². The highest BCUT2D eigenvalue weighted by molar-refractivity contribution is 5.89. The van der Waals surface area contributed by atoms with Gasteiger partial charge in [-0.25, -0.2) is 4.99 Å². The highest BCUT2D eigenvalue weighted by atomic mass is 16.5. The number of benzene rings is 1. The second-order valence-electron chi connectivity index (χ2n) is 4.97. The van der Waals surface area contributed by atoms with Crippen LogP contribution in [0.5, 0.6) is 5.75 Å². The number of hydrogen-bond acceptors (Lipinski definition) is 5. The van der Waals surface area contributed by atoms with Crippen molar-refractivity contribution < 1.29 is 4.74 Å². The maximum absolute atomic E-state index is 5.80. The Labute approximate surface area is 113 Å². The van der Waals surface area contributed by atoms with Crippen LogP contribution in [0.4, 0.5) is 11.4 Å². The summed E-state index contributed by atoms with van der Waals surface area (Å²) in [6, 6.07) is 5.61. The van der Waals surface area contributed by atoms with Crippen molar-refractivity contribution in [1.82, 2.24) is 9.80 Å². The maximum Gasteiger partial charge on any atom is 0.146 e. The normalized spacial score (nSPS) is 19.6. The summed E-state index contributed by atoms with van der Waals surface area (Å²) >= 11 is 0. The number of hydrogen-bond donors (Lipinski definition) is 1. The van der Waals surface area contributed by atoms with Crippen LogP contribution in [0.1, 0.15) is 6.92 Å². The van der Waals surface area contributed by atoms with Crippen LogP contribution in [0.3, 0.4) is 0 Å². The quantitative estimate of drug-likeness (QED) is 0.774. The molecule has 0 amide bonds. The zero-order valence-corrected chi connectivity index (χ0v) is 11.3. The lowest BCUT2D eigenvalue weighted by molar-refractivity contribution is 0.183. The summed E-state index contributed by atoms with van der Waals surface area (Å²) in [6.07, 6.45) is 0. The van der Waals surface area contributed by atoms with Crippen LogP contribution < -0.4 is 10.5 Å². The average molecular weight is 260 g/mol. The van der Waals surface area contributed by atoms with Crippen LogP contribution in [0, 0.1) is 0 Å². The molecule has 2 aliphatic rings.